The second-order valence-corrected chi connectivity index (χ2v) is 8.65. The Morgan fingerprint density at radius 1 is 1.27 bits per heavy atom. The molecule has 0 radical (unpaired) electrons. The summed E-state index contributed by atoms with van der Waals surface area (Å²) < 4.78 is 64.2. The van der Waals surface area contributed by atoms with Gasteiger partial charge in [0.15, 0.2) is 15.8 Å². The van der Waals surface area contributed by atoms with Crippen molar-refractivity contribution >= 4 is 45.7 Å². The van der Waals surface area contributed by atoms with Crippen molar-refractivity contribution in [1.29, 1.82) is 0 Å². The Kier molecular flexibility index (Phi) is 10.1. The second kappa shape index (κ2) is 11.6. The zero-order valence-electron chi connectivity index (χ0n) is 16.2. The molecule has 1 aliphatic rings. The summed E-state index contributed by atoms with van der Waals surface area (Å²) in [5.41, 5.74) is 0.285. The molecule has 1 fully saturated rings. The first kappa shape index (κ1) is 26.3. The van der Waals surface area contributed by atoms with Gasteiger partial charge in [-0.2, -0.15) is 0 Å². The van der Waals surface area contributed by atoms with Gasteiger partial charge in [0, 0.05) is 38.2 Å². The van der Waals surface area contributed by atoms with E-state index in [9.17, 15) is 26.4 Å². The molecular formula is C17H24F3IN4O4S. The van der Waals surface area contributed by atoms with Gasteiger partial charge in [-0.05, 0) is 12.5 Å². The molecule has 0 aliphatic carbocycles. The number of nitrogens with one attached hydrogen (secondary N) is 3. The number of alkyl halides is 3. The number of ether oxygens (including phenoxy) is 1. The van der Waals surface area contributed by atoms with E-state index in [1.807, 2.05) is 0 Å². The molecule has 0 spiro atoms. The number of nitrogens with zero attached hydrogens (tertiary/aromatic N) is 1. The Morgan fingerprint density at radius 3 is 2.57 bits per heavy atom. The number of aliphatic imine (C=N–C) groups is 1. The Bertz CT molecular complexity index is 850. The zero-order valence-corrected chi connectivity index (χ0v) is 19.3. The monoisotopic (exact) mass is 564 g/mol. The van der Waals surface area contributed by atoms with E-state index < -0.39 is 16.2 Å². The van der Waals surface area contributed by atoms with Crippen LogP contribution in [0.4, 0.5) is 13.2 Å². The molecular weight excluding hydrogens is 540 g/mol. The number of halogens is 4. The third kappa shape index (κ3) is 9.36. The molecule has 1 unspecified atom stereocenters. The molecule has 1 atom stereocenters. The standard InChI is InChI=1S/C17H23F3N4O4S.HI/c1-21-16(22-8-6-15(25)24-13-7-9-29(26,27)11-13)23-10-12-4-2-3-5-14(12)28-17(18,19)20;/h2-5,13H,6-11H2,1H3,(H,24,25)(H2,21,22,23);1H. The van der Waals surface area contributed by atoms with E-state index in [1.54, 1.807) is 6.07 Å². The van der Waals surface area contributed by atoms with E-state index >= 15 is 0 Å². The topological polar surface area (TPSA) is 109 Å². The van der Waals surface area contributed by atoms with Crippen molar-refractivity contribution in [3.05, 3.63) is 29.8 Å². The highest BCUT2D eigenvalue weighted by molar-refractivity contribution is 14.0. The van der Waals surface area contributed by atoms with Crippen LogP contribution < -0.4 is 20.7 Å². The minimum atomic E-state index is -4.79. The van der Waals surface area contributed by atoms with Gasteiger partial charge in [-0.3, -0.25) is 9.79 Å². The van der Waals surface area contributed by atoms with Crippen molar-refractivity contribution < 1.29 is 31.1 Å². The molecule has 0 aromatic heterocycles. The van der Waals surface area contributed by atoms with Gasteiger partial charge in [0.25, 0.3) is 0 Å². The number of para-hydroxylation sites is 1. The Morgan fingerprint density at radius 2 is 1.97 bits per heavy atom. The summed E-state index contributed by atoms with van der Waals surface area (Å²) >= 11 is 0. The van der Waals surface area contributed by atoms with Crippen LogP contribution in [0.1, 0.15) is 18.4 Å². The average molecular weight is 564 g/mol. The molecule has 1 saturated heterocycles. The van der Waals surface area contributed by atoms with Crippen molar-refractivity contribution in [2.45, 2.75) is 31.8 Å². The number of carbonyl (C=O) groups is 1. The molecule has 0 saturated carbocycles. The van der Waals surface area contributed by atoms with Gasteiger partial charge >= 0.3 is 6.36 Å². The predicted octanol–water partition coefficient (Wildman–Crippen LogP) is 1.56. The summed E-state index contributed by atoms with van der Waals surface area (Å²) in [6.45, 7) is 0.240. The lowest BCUT2D eigenvalue weighted by atomic mass is 10.2. The fraction of sp³-hybridized carbons (Fsp3) is 0.529. The first-order valence-electron chi connectivity index (χ1n) is 8.86. The maximum Gasteiger partial charge on any atom is 0.573 e. The molecule has 8 nitrogen and oxygen atoms in total. The first-order chi connectivity index (χ1) is 13.6. The van der Waals surface area contributed by atoms with E-state index in [0.29, 0.717) is 12.4 Å². The van der Waals surface area contributed by atoms with Crippen LogP contribution in [-0.2, 0) is 21.2 Å². The van der Waals surface area contributed by atoms with E-state index in [1.165, 1.54) is 25.2 Å². The molecule has 1 heterocycles. The summed E-state index contributed by atoms with van der Waals surface area (Å²) in [4.78, 5) is 15.9. The van der Waals surface area contributed by atoms with Gasteiger partial charge in [-0.1, -0.05) is 18.2 Å². The smallest absolute Gasteiger partial charge is 0.405 e. The average Bonchev–Trinajstić information content (AvgIpc) is 2.96. The lowest BCUT2D eigenvalue weighted by Crippen LogP contribution is -2.41. The van der Waals surface area contributed by atoms with Crippen molar-refractivity contribution in [3.8, 4) is 5.75 Å². The van der Waals surface area contributed by atoms with Crippen molar-refractivity contribution in [3.63, 3.8) is 0 Å². The highest BCUT2D eigenvalue weighted by Gasteiger charge is 2.32. The number of sulfone groups is 1. The number of carbonyl (C=O) groups excluding carboxylic acids is 1. The largest absolute Gasteiger partial charge is 0.573 e. The minimum absolute atomic E-state index is 0. The summed E-state index contributed by atoms with van der Waals surface area (Å²) in [7, 11) is -1.58. The minimum Gasteiger partial charge on any atom is -0.405 e. The van der Waals surface area contributed by atoms with Gasteiger partial charge in [0.1, 0.15) is 5.75 Å². The SMILES string of the molecule is CN=C(NCCC(=O)NC1CCS(=O)(=O)C1)NCc1ccccc1OC(F)(F)F.I. The van der Waals surface area contributed by atoms with Crippen LogP contribution in [-0.4, -0.2) is 57.8 Å². The van der Waals surface area contributed by atoms with Crippen LogP contribution in [0.5, 0.6) is 5.75 Å². The van der Waals surface area contributed by atoms with Crippen LogP contribution in [0.15, 0.2) is 29.3 Å². The van der Waals surface area contributed by atoms with Crippen LogP contribution in [0, 0.1) is 0 Å². The van der Waals surface area contributed by atoms with Crippen LogP contribution >= 0.6 is 24.0 Å². The van der Waals surface area contributed by atoms with E-state index in [0.717, 1.165) is 0 Å². The number of hydrogen-bond acceptors (Lipinski definition) is 5. The van der Waals surface area contributed by atoms with Gasteiger partial charge in [-0.15, -0.1) is 37.1 Å². The highest BCUT2D eigenvalue weighted by Crippen LogP contribution is 2.26. The van der Waals surface area contributed by atoms with E-state index in [4.69, 9.17) is 0 Å². The van der Waals surface area contributed by atoms with E-state index in [-0.39, 0.29) is 78.3 Å². The molecule has 30 heavy (non-hydrogen) atoms. The number of benzene rings is 1. The van der Waals surface area contributed by atoms with Crippen molar-refractivity contribution in [2.24, 2.45) is 4.99 Å². The third-order valence-electron chi connectivity index (χ3n) is 4.11. The Hall–Kier alpha value is -1.77. The lowest BCUT2D eigenvalue weighted by Gasteiger charge is -2.16. The van der Waals surface area contributed by atoms with Crippen LogP contribution in [0.3, 0.4) is 0 Å². The van der Waals surface area contributed by atoms with Gasteiger partial charge in [0.05, 0.1) is 11.5 Å². The molecule has 0 bridgehead atoms. The maximum absolute atomic E-state index is 12.5. The summed E-state index contributed by atoms with van der Waals surface area (Å²) in [6.07, 6.45) is -4.29. The molecule has 1 aliphatic heterocycles. The number of rotatable bonds is 7. The van der Waals surface area contributed by atoms with Gasteiger partial charge in [0.2, 0.25) is 5.91 Å². The van der Waals surface area contributed by atoms with Gasteiger partial charge < -0.3 is 20.7 Å². The van der Waals surface area contributed by atoms with Crippen molar-refractivity contribution in [2.75, 3.05) is 25.1 Å². The fourth-order valence-electron chi connectivity index (χ4n) is 2.78. The van der Waals surface area contributed by atoms with Crippen molar-refractivity contribution in [1.82, 2.24) is 16.0 Å². The quantitative estimate of drug-likeness (QED) is 0.264. The fourth-order valence-corrected chi connectivity index (χ4v) is 4.45. The molecule has 1 aromatic rings. The summed E-state index contributed by atoms with van der Waals surface area (Å²) in [5.74, 6) is -0.281. The van der Waals surface area contributed by atoms with Crippen LogP contribution in [0.2, 0.25) is 0 Å². The first-order valence-corrected chi connectivity index (χ1v) is 10.7. The molecule has 13 heteroatoms. The number of hydrogen-bond donors (Lipinski definition) is 3. The third-order valence-corrected chi connectivity index (χ3v) is 5.88. The van der Waals surface area contributed by atoms with Gasteiger partial charge in [-0.25, -0.2) is 8.42 Å². The van der Waals surface area contributed by atoms with E-state index in [2.05, 4.69) is 25.7 Å². The molecule has 170 valence electrons. The zero-order chi connectivity index (χ0) is 21.5. The normalized spacial score (nSPS) is 18.3. The molecule has 2 rings (SSSR count). The Balaban J connectivity index is 0.00000450. The predicted molar refractivity (Wildman–Crippen MR) is 117 cm³/mol. The Labute approximate surface area is 190 Å². The lowest BCUT2D eigenvalue weighted by molar-refractivity contribution is -0.274. The molecule has 1 aromatic carbocycles. The second-order valence-electron chi connectivity index (χ2n) is 6.43. The highest BCUT2D eigenvalue weighted by atomic mass is 127. The molecule has 3 N–H and O–H groups in total. The summed E-state index contributed by atoms with van der Waals surface area (Å²) in [5, 5.41) is 8.40. The molecule has 1 amide bonds. The maximum atomic E-state index is 12.5. The van der Waals surface area contributed by atoms with Crippen LogP contribution in [0.25, 0.3) is 0 Å². The summed E-state index contributed by atoms with van der Waals surface area (Å²) in [6, 6.07) is 5.37. The number of guanidine groups is 1. The number of amides is 1.